The Morgan fingerprint density at radius 3 is 2.87 bits per heavy atom. The standard InChI is InChI=1S/C21H25N7OS/c1-29-11-17-25-20(24-9-5-8-16-14(10-22)19(23)28-27-16)18-15(12-30-21(18)26-17)13-6-3-2-4-7-13/h2-4,6-7,12,14,16,19,27-28H,5,8-9,11,23H2,1H3,(H,24,25,26). The zero-order chi connectivity index (χ0) is 20.9. The average Bonchev–Trinajstić information content (AvgIpc) is 3.35. The molecule has 3 aromatic rings. The lowest BCUT2D eigenvalue weighted by molar-refractivity contribution is 0.178. The minimum atomic E-state index is -0.328. The molecule has 0 bridgehead atoms. The molecule has 5 N–H and O–H groups in total. The fourth-order valence-corrected chi connectivity index (χ4v) is 4.69. The largest absolute Gasteiger partial charge is 0.377 e. The summed E-state index contributed by atoms with van der Waals surface area (Å²) in [6.45, 7) is 1.09. The van der Waals surface area contributed by atoms with E-state index in [2.05, 4.69) is 44.7 Å². The maximum absolute atomic E-state index is 9.30. The Kier molecular flexibility index (Phi) is 6.52. The highest BCUT2D eigenvalue weighted by molar-refractivity contribution is 7.17. The fraction of sp³-hybridized carbons (Fsp3) is 0.381. The first-order valence-corrected chi connectivity index (χ1v) is 10.8. The van der Waals surface area contributed by atoms with Crippen LogP contribution in [0.2, 0.25) is 0 Å². The number of nitrogens with zero attached hydrogens (tertiary/aromatic N) is 3. The van der Waals surface area contributed by atoms with Crippen molar-refractivity contribution in [3.8, 4) is 17.2 Å². The minimum Gasteiger partial charge on any atom is -0.377 e. The average molecular weight is 424 g/mol. The molecule has 0 spiro atoms. The van der Waals surface area contributed by atoms with Gasteiger partial charge in [-0.2, -0.15) is 5.26 Å². The molecule has 0 amide bonds. The van der Waals surface area contributed by atoms with Crippen LogP contribution in [-0.4, -0.2) is 35.8 Å². The van der Waals surface area contributed by atoms with Crippen LogP contribution in [0, 0.1) is 17.2 Å². The van der Waals surface area contributed by atoms with Crippen molar-refractivity contribution < 1.29 is 4.74 Å². The predicted molar refractivity (Wildman–Crippen MR) is 118 cm³/mol. The van der Waals surface area contributed by atoms with Gasteiger partial charge < -0.3 is 15.8 Å². The maximum atomic E-state index is 9.30. The lowest BCUT2D eigenvalue weighted by Crippen LogP contribution is -2.38. The number of nitrogens with one attached hydrogen (secondary N) is 3. The van der Waals surface area contributed by atoms with E-state index in [9.17, 15) is 5.26 Å². The SMILES string of the molecule is COCc1nc(NCCCC2NNC(N)C2C#N)c2c(-c3ccccc3)csc2n1. The van der Waals surface area contributed by atoms with Crippen LogP contribution in [0.25, 0.3) is 21.3 Å². The third kappa shape index (κ3) is 4.28. The third-order valence-electron chi connectivity index (χ3n) is 5.23. The number of aromatic nitrogens is 2. The molecule has 30 heavy (non-hydrogen) atoms. The topological polar surface area (TPSA) is 121 Å². The van der Waals surface area contributed by atoms with Gasteiger partial charge in [0.1, 0.15) is 17.3 Å². The van der Waals surface area contributed by atoms with E-state index < -0.39 is 0 Å². The molecular formula is C21H25N7OS. The van der Waals surface area contributed by atoms with Crippen molar-refractivity contribution in [2.45, 2.75) is 31.7 Å². The minimum absolute atomic E-state index is 0.0438. The molecule has 1 aliphatic rings. The first-order valence-electron chi connectivity index (χ1n) is 9.94. The van der Waals surface area contributed by atoms with Crippen LogP contribution in [-0.2, 0) is 11.3 Å². The van der Waals surface area contributed by atoms with Gasteiger partial charge in [0.2, 0.25) is 0 Å². The molecule has 1 fully saturated rings. The van der Waals surface area contributed by atoms with E-state index in [0.717, 1.165) is 46.5 Å². The van der Waals surface area contributed by atoms with Gasteiger partial charge in [-0.3, -0.25) is 5.43 Å². The number of thiophene rings is 1. The Labute approximate surface area is 179 Å². The lowest BCUT2D eigenvalue weighted by Gasteiger charge is -2.14. The van der Waals surface area contributed by atoms with E-state index in [0.29, 0.717) is 12.4 Å². The third-order valence-corrected chi connectivity index (χ3v) is 6.10. The lowest BCUT2D eigenvalue weighted by atomic mass is 9.97. The van der Waals surface area contributed by atoms with Gasteiger partial charge in [-0.15, -0.1) is 11.3 Å². The highest BCUT2D eigenvalue weighted by atomic mass is 32.1. The Morgan fingerprint density at radius 2 is 2.10 bits per heavy atom. The molecule has 0 saturated carbocycles. The highest BCUT2D eigenvalue weighted by Gasteiger charge is 2.32. The molecule has 0 aliphatic carbocycles. The van der Waals surface area contributed by atoms with Gasteiger partial charge in [0.15, 0.2) is 5.82 Å². The van der Waals surface area contributed by atoms with Crippen LogP contribution >= 0.6 is 11.3 Å². The van der Waals surface area contributed by atoms with E-state index in [1.807, 2.05) is 18.2 Å². The summed E-state index contributed by atoms with van der Waals surface area (Å²) >= 11 is 1.61. The Morgan fingerprint density at radius 1 is 1.27 bits per heavy atom. The number of fused-ring (bicyclic) bond motifs is 1. The molecule has 156 valence electrons. The molecule has 1 aromatic carbocycles. The number of rotatable bonds is 8. The zero-order valence-electron chi connectivity index (χ0n) is 16.8. The van der Waals surface area contributed by atoms with Crippen molar-refractivity contribution in [2.75, 3.05) is 19.0 Å². The molecule has 1 aliphatic heterocycles. The molecule has 3 unspecified atom stereocenters. The summed E-state index contributed by atoms with van der Waals surface area (Å²) in [6.07, 6.45) is 1.38. The summed E-state index contributed by atoms with van der Waals surface area (Å²) in [5.74, 6) is 1.25. The molecule has 0 radical (unpaired) electrons. The van der Waals surface area contributed by atoms with Crippen molar-refractivity contribution in [1.29, 1.82) is 5.26 Å². The summed E-state index contributed by atoms with van der Waals surface area (Å²) in [5, 5.41) is 16.0. The Balaban J connectivity index is 1.53. The molecule has 9 heteroatoms. The molecular weight excluding hydrogens is 398 g/mol. The zero-order valence-corrected chi connectivity index (χ0v) is 17.6. The summed E-state index contributed by atoms with van der Waals surface area (Å²) < 4.78 is 5.24. The van der Waals surface area contributed by atoms with Crippen LogP contribution in [0.5, 0.6) is 0 Å². The van der Waals surface area contributed by atoms with E-state index in [4.69, 9.17) is 15.5 Å². The summed E-state index contributed by atoms with van der Waals surface area (Å²) in [4.78, 5) is 10.3. The molecule has 3 heterocycles. The number of methoxy groups -OCH3 is 1. The number of nitriles is 1. The van der Waals surface area contributed by atoms with E-state index >= 15 is 0 Å². The van der Waals surface area contributed by atoms with Crippen LogP contribution in [0.15, 0.2) is 35.7 Å². The summed E-state index contributed by atoms with van der Waals surface area (Å²) in [5.41, 5.74) is 14.2. The summed E-state index contributed by atoms with van der Waals surface area (Å²) in [7, 11) is 1.64. The first-order chi connectivity index (χ1) is 14.7. The molecule has 1 saturated heterocycles. The fourth-order valence-electron chi connectivity index (χ4n) is 3.72. The second kappa shape index (κ2) is 9.47. The van der Waals surface area contributed by atoms with Gasteiger partial charge in [-0.25, -0.2) is 15.4 Å². The van der Waals surface area contributed by atoms with Gasteiger partial charge in [-0.05, 0) is 18.4 Å². The maximum Gasteiger partial charge on any atom is 0.158 e. The van der Waals surface area contributed by atoms with Gasteiger partial charge in [-0.1, -0.05) is 30.3 Å². The molecule has 8 nitrogen and oxygen atoms in total. The summed E-state index contributed by atoms with van der Waals surface area (Å²) in [6, 6.07) is 12.6. The monoisotopic (exact) mass is 423 g/mol. The van der Waals surface area contributed by atoms with Gasteiger partial charge in [0.05, 0.1) is 23.5 Å². The van der Waals surface area contributed by atoms with Crippen LogP contribution in [0.1, 0.15) is 18.7 Å². The number of nitrogens with two attached hydrogens (primary N) is 1. The van der Waals surface area contributed by atoms with Gasteiger partial charge >= 0.3 is 0 Å². The molecule has 3 atom stereocenters. The van der Waals surface area contributed by atoms with E-state index in [1.54, 1.807) is 18.4 Å². The normalized spacial score (nSPS) is 21.0. The van der Waals surface area contributed by atoms with Crippen LogP contribution < -0.4 is 21.9 Å². The first kappa shape index (κ1) is 20.7. The van der Waals surface area contributed by atoms with Gasteiger partial charge in [0, 0.05) is 30.6 Å². The highest BCUT2D eigenvalue weighted by Crippen LogP contribution is 2.37. The van der Waals surface area contributed by atoms with Crippen molar-refractivity contribution in [1.82, 2.24) is 20.8 Å². The van der Waals surface area contributed by atoms with Crippen LogP contribution in [0.4, 0.5) is 5.82 Å². The quantitative estimate of drug-likeness (QED) is 0.408. The van der Waals surface area contributed by atoms with E-state index in [1.165, 1.54) is 0 Å². The number of ether oxygens (including phenoxy) is 1. The van der Waals surface area contributed by atoms with E-state index in [-0.39, 0.29) is 18.1 Å². The predicted octanol–water partition coefficient (Wildman–Crippen LogP) is 2.60. The van der Waals surface area contributed by atoms with Crippen molar-refractivity contribution >= 4 is 27.4 Å². The van der Waals surface area contributed by atoms with Crippen molar-refractivity contribution in [2.24, 2.45) is 11.7 Å². The number of anilines is 1. The Bertz CT molecular complexity index is 1030. The second-order valence-corrected chi connectivity index (χ2v) is 8.12. The molecule has 4 rings (SSSR count). The van der Waals surface area contributed by atoms with Crippen molar-refractivity contribution in [3.63, 3.8) is 0 Å². The number of hydrazine groups is 1. The second-order valence-electron chi connectivity index (χ2n) is 7.26. The number of hydrogen-bond donors (Lipinski definition) is 4. The molecule has 2 aromatic heterocycles. The smallest absolute Gasteiger partial charge is 0.158 e. The van der Waals surface area contributed by atoms with Crippen molar-refractivity contribution in [3.05, 3.63) is 41.5 Å². The Hall–Kier alpha value is -2.61. The number of benzene rings is 1. The van der Waals surface area contributed by atoms with Crippen LogP contribution in [0.3, 0.4) is 0 Å². The number of hydrogen-bond acceptors (Lipinski definition) is 9. The van der Waals surface area contributed by atoms with Gasteiger partial charge in [0.25, 0.3) is 0 Å².